The standard InChI is InChI=1S/C14H18BrN3S/c1-3-11(16)6-10-4-5-12(7-14(10)15)19-13-8-17-18(2)9-13/h4-5,7-9,11H,3,6,16H2,1-2H3. The molecule has 0 saturated carbocycles. The number of aryl methyl sites for hydroxylation is 1. The molecule has 102 valence electrons. The zero-order chi connectivity index (χ0) is 13.8. The van der Waals surface area contributed by atoms with E-state index >= 15 is 0 Å². The Bertz CT molecular complexity index is 553. The molecule has 1 aromatic heterocycles. The van der Waals surface area contributed by atoms with Crippen LogP contribution >= 0.6 is 27.7 Å². The van der Waals surface area contributed by atoms with Crippen LogP contribution in [0.25, 0.3) is 0 Å². The number of aromatic nitrogens is 2. The quantitative estimate of drug-likeness (QED) is 0.904. The number of rotatable bonds is 5. The molecule has 0 bridgehead atoms. The van der Waals surface area contributed by atoms with E-state index < -0.39 is 0 Å². The first-order chi connectivity index (χ1) is 9.08. The van der Waals surface area contributed by atoms with Crippen LogP contribution in [0.15, 0.2) is 44.9 Å². The van der Waals surface area contributed by atoms with Gasteiger partial charge in [-0.15, -0.1) is 0 Å². The average molecular weight is 340 g/mol. The molecule has 0 amide bonds. The summed E-state index contributed by atoms with van der Waals surface area (Å²) in [7, 11) is 1.93. The molecule has 2 N–H and O–H groups in total. The summed E-state index contributed by atoms with van der Waals surface area (Å²) >= 11 is 5.35. The van der Waals surface area contributed by atoms with Gasteiger partial charge in [0, 0.05) is 28.7 Å². The van der Waals surface area contributed by atoms with Crippen LogP contribution < -0.4 is 5.73 Å². The Hall–Kier alpha value is -0.780. The lowest BCUT2D eigenvalue weighted by Gasteiger charge is -2.11. The molecule has 0 saturated heterocycles. The monoisotopic (exact) mass is 339 g/mol. The third kappa shape index (κ3) is 4.09. The molecule has 1 unspecified atom stereocenters. The molecule has 5 heteroatoms. The topological polar surface area (TPSA) is 43.8 Å². The largest absolute Gasteiger partial charge is 0.327 e. The average Bonchev–Trinajstić information content (AvgIpc) is 2.78. The fourth-order valence-electron chi connectivity index (χ4n) is 1.77. The second-order valence-corrected chi connectivity index (χ2v) is 6.58. The minimum Gasteiger partial charge on any atom is -0.327 e. The molecule has 19 heavy (non-hydrogen) atoms. The maximum Gasteiger partial charge on any atom is 0.0629 e. The van der Waals surface area contributed by atoms with E-state index in [0.29, 0.717) is 0 Å². The van der Waals surface area contributed by atoms with E-state index in [9.17, 15) is 0 Å². The summed E-state index contributed by atoms with van der Waals surface area (Å²) in [6, 6.07) is 6.67. The summed E-state index contributed by atoms with van der Waals surface area (Å²) in [4.78, 5) is 2.35. The highest BCUT2D eigenvalue weighted by molar-refractivity contribution is 9.10. The van der Waals surface area contributed by atoms with Crippen LogP contribution in [0.5, 0.6) is 0 Å². The van der Waals surface area contributed by atoms with Crippen LogP contribution in [0.3, 0.4) is 0 Å². The van der Waals surface area contributed by atoms with Gasteiger partial charge >= 0.3 is 0 Å². The van der Waals surface area contributed by atoms with Gasteiger partial charge in [0.1, 0.15) is 0 Å². The van der Waals surface area contributed by atoms with Crippen molar-refractivity contribution in [2.24, 2.45) is 12.8 Å². The third-order valence-electron chi connectivity index (χ3n) is 2.95. The Morgan fingerprint density at radius 3 is 2.79 bits per heavy atom. The second kappa shape index (κ2) is 6.59. The lowest BCUT2D eigenvalue weighted by atomic mass is 10.1. The van der Waals surface area contributed by atoms with Crippen molar-refractivity contribution in [1.82, 2.24) is 9.78 Å². The van der Waals surface area contributed by atoms with Crippen molar-refractivity contribution in [2.75, 3.05) is 0 Å². The molecule has 1 atom stereocenters. The van der Waals surface area contributed by atoms with E-state index in [1.54, 1.807) is 11.8 Å². The molecule has 0 aliphatic heterocycles. The van der Waals surface area contributed by atoms with Crippen molar-refractivity contribution in [3.63, 3.8) is 0 Å². The van der Waals surface area contributed by atoms with Crippen LogP contribution in [0.2, 0.25) is 0 Å². The number of benzene rings is 1. The maximum atomic E-state index is 6.00. The van der Waals surface area contributed by atoms with Gasteiger partial charge in [0.2, 0.25) is 0 Å². The summed E-state index contributed by atoms with van der Waals surface area (Å²) in [5, 5.41) is 4.17. The number of nitrogens with two attached hydrogens (primary N) is 1. The molecule has 0 fully saturated rings. The lowest BCUT2D eigenvalue weighted by molar-refractivity contribution is 0.645. The molecule has 2 rings (SSSR count). The van der Waals surface area contributed by atoms with E-state index in [0.717, 1.165) is 22.2 Å². The van der Waals surface area contributed by atoms with E-state index in [1.807, 2.05) is 24.1 Å². The van der Waals surface area contributed by atoms with Crippen molar-refractivity contribution < 1.29 is 0 Å². The zero-order valence-electron chi connectivity index (χ0n) is 11.1. The number of hydrogen-bond acceptors (Lipinski definition) is 3. The van der Waals surface area contributed by atoms with Crippen molar-refractivity contribution in [2.45, 2.75) is 35.6 Å². The smallest absolute Gasteiger partial charge is 0.0629 e. The van der Waals surface area contributed by atoms with Gasteiger partial charge in [-0.1, -0.05) is 40.7 Å². The third-order valence-corrected chi connectivity index (χ3v) is 4.62. The van der Waals surface area contributed by atoms with Gasteiger partial charge in [0.15, 0.2) is 0 Å². The highest BCUT2D eigenvalue weighted by Crippen LogP contribution is 2.31. The van der Waals surface area contributed by atoms with Gasteiger partial charge in [-0.25, -0.2) is 0 Å². The summed E-state index contributed by atoms with van der Waals surface area (Å²) in [6.07, 6.45) is 5.80. The van der Waals surface area contributed by atoms with Crippen LogP contribution in [0.4, 0.5) is 0 Å². The van der Waals surface area contributed by atoms with Crippen LogP contribution in [0.1, 0.15) is 18.9 Å². The Morgan fingerprint density at radius 2 is 2.21 bits per heavy atom. The highest BCUT2D eigenvalue weighted by atomic mass is 79.9. The number of nitrogens with zero attached hydrogens (tertiary/aromatic N) is 2. The summed E-state index contributed by atoms with van der Waals surface area (Å²) in [5.74, 6) is 0. The number of hydrogen-bond donors (Lipinski definition) is 1. The van der Waals surface area contributed by atoms with Crippen molar-refractivity contribution in [3.8, 4) is 0 Å². The van der Waals surface area contributed by atoms with Crippen LogP contribution in [-0.2, 0) is 13.5 Å². The SMILES string of the molecule is CCC(N)Cc1ccc(Sc2cnn(C)c2)cc1Br. The van der Waals surface area contributed by atoms with Crippen molar-refractivity contribution >= 4 is 27.7 Å². The normalized spacial score (nSPS) is 12.6. The Morgan fingerprint density at radius 1 is 1.42 bits per heavy atom. The predicted octanol–water partition coefficient (Wildman–Crippen LogP) is 3.61. The van der Waals surface area contributed by atoms with Gasteiger partial charge in [-0.05, 0) is 30.5 Å². The molecule has 1 heterocycles. The molecule has 0 aliphatic rings. The predicted molar refractivity (Wildman–Crippen MR) is 83.4 cm³/mol. The van der Waals surface area contributed by atoms with Gasteiger partial charge in [0.05, 0.1) is 11.1 Å². The Balaban J connectivity index is 2.10. The zero-order valence-corrected chi connectivity index (χ0v) is 13.5. The van der Waals surface area contributed by atoms with Crippen molar-refractivity contribution in [3.05, 3.63) is 40.6 Å². The molecule has 0 radical (unpaired) electrons. The molecule has 0 aliphatic carbocycles. The van der Waals surface area contributed by atoms with Gasteiger partial charge in [-0.3, -0.25) is 4.68 Å². The van der Waals surface area contributed by atoms with Crippen LogP contribution in [0, 0.1) is 0 Å². The van der Waals surface area contributed by atoms with E-state index in [-0.39, 0.29) is 6.04 Å². The van der Waals surface area contributed by atoms with Crippen molar-refractivity contribution in [1.29, 1.82) is 0 Å². The van der Waals surface area contributed by atoms with Crippen LogP contribution in [-0.4, -0.2) is 15.8 Å². The fraction of sp³-hybridized carbons (Fsp3) is 0.357. The first kappa shape index (κ1) is 14.6. The summed E-state index contributed by atoms with van der Waals surface area (Å²) in [6.45, 7) is 2.12. The molecular weight excluding hydrogens is 322 g/mol. The maximum absolute atomic E-state index is 6.00. The Kier molecular flexibility index (Phi) is 5.07. The molecule has 3 nitrogen and oxygen atoms in total. The Labute approximate surface area is 126 Å². The molecule has 0 spiro atoms. The van der Waals surface area contributed by atoms with E-state index in [4.69, 9.17) is 5.73 Å². The van der Waals surface area contributed by atoms with Gasteiger partial charge in [-0.2, -0.15) is 5.10 Å². The minimum absolute atomic E-state index is 0.230. The lowest BCUT2D eigenvalue weighted by Crippen LogP contribution is -2.21. The first-order valence-electron chi connectivity index (χ1n) is 6.29. The summed E-state index contributed by atoms with van der Waals surface area (Å²) in [5.41, 5.74) is 7.27. The fourth-order valence-corrected chi connectivity index (χ4v) is 3.35. The summed E-state index contributed by atoms with van der Waals surface area (Å²) < 4.78 is 2.94. The molecular formula is C14H18BrN3S. The minimum atomic E-state index is 0.230. The second-order valence-electron chi connectivity index (χ2n) is 4.58. The molecule has 2 aromatic rings. The first-order valence-corrected chi connectivity index (χ1v) is 7.90. The highest BCUT2D eigenvalue weighted by Gasteiger charge is 2.07. The van der Waals surface area contributed by atoms with E-state index in [1.165, 1.54) is 10.5 Å². The molecule has 1 aromatic carbocycles. The van der Waals surface area contributed by atoms with E-state index in [2.05, 4.69) is 46.2 Å². The van der Waals surface area contributed by atoms with Gasteiger partial charge in [0.25, 0.3) is 0 Å². The van der Waals surface area contributed by atoms with Gasteiger partial charge < -0.3 is 5.73 Å². The number of halogens is 1.